The van der Waals surface area contributed by atoms with Gasteiger partial charge in [0, 0.05) is 6.42 Å². The number of aromatic nitrogens is 3. The van der Waals surface area contributed by atoms with E-state index in [0.717, 1.165) is 11.3 Å². The zero-order chi connectivity index (χ0) is 15.2. The van der Waals surface area contributed by atoms with Gasteiger partial charge >= 0.3 is 0 Å². The third kappa shape index (κ3) is 4.42. The molecule has 0 saturated heterocycles. The molecule has 0 spiro atoms. The fourth-order valence-corrected chi connectivity index (χ4v) is 2.24. The molecule has 2 rings (SSSR count). The number of thioether (sulfide) groups is 1. The van der Waals surface area contributed by atoms with Gasteiger partial charge in [-0.05, 0) is 24.6 Å². The highest BCUT2D eigenvalue weighted by Crippen LogP contribution is 2.13. The van der Waals surface area contributed by atoms with Gasteiger partial charge in [-0.1, -0.05) is 23.9 Å². The van der Waals surface area contributed by atoms with Crippen LogP contribution < -0.4 is 10.3 Å². The van der Waals surface area contributed by atoms with Crippen LogP contribution in [-0.2, 0) is 11.2 Å². The number of methoxy groups -OCH3 is 1. The number of rotatable bonds is 6. The second kappa shape index (κ2) is 7.03. The van der Waals surface area contributed by atoms with Crippen LogP contribution >= 0.6 is 11.8 Å². The summed E-state index contributed by atoms with van der Waals surface area (Å²) in [6, 6.07) is 7.40. The van der Waals surface area contributed by atoms with Crippen molar-refractivity contribution in [3.8, 4) is 5.75 Å². The highest BCUT2D eigenvalue weighted by molar-refractivity contribution is 7.99. The minimum Gasteiger partial charge on any atom is -0.497 e. The van der Waals surface area contributed by atoms with E-state index >= 15 is 0 Å². The molecule has 21 heavy (non-hydrogen) atoms. The van der Waals surface area contributed by atoms with E-state index in [9.17, 15) is 9.59 Å². The summed E-state index contributed by atoms with van der Waals surface area (Å²) in [4.78, 5) is 25.5. The lowest BCUT2D eigenvalue weighted by Crippen LogP contribution is -2.18. The number of ketones is 1. The molecule has 0 amide bonds. The second-order valence-electron chi connectivity index (χ2n) is 4.42. The van der Waals surface area contributed by atoms with E-state index in [-0.39, 0.29) is 17.1 Å². The van der Waals surface area contributed by atoms with Crippen molar-refractivity contribution in [1.29, 1.82) is 0 Å². The molecule has 6 nitrogen and oxygen atoms in total. The summed E-state index contributed by atoms with van der Waals surface area (Å²) in [7, 11) is 1.60. The van der Waals surface area contributed by atoms with Crippen LogP contribution in [0.25, 0.3) is 0 Å². The third-order valence-electron chi connectivity index (χ3n) is 2.69. The average Bonchev–Trinajstić information content (AvgIpc) is 2.48. The smallest absolute Gasteiger partial charge is 0.273 e. The molecule has 2 aromatic rings. The maximum Gasteiger partial charge on any atom is 0.273 e. The number of hydrogen-bond donors (Lipinski definition) is 1. The number of benzene rings is 1. The summed E-state index contributed by atoms with van der Waals surface area (Å²) in [6.07, 6.45) is 0.393. The molecule has 1 N–H and O–H groups in total. The Hall–Kier alpha value is -2.15. The van der Waals surface area contributed by atoms with E-state index in [4.69, 9.17) is 4.74 Å². The maximum absolute atomic E-state index is 11.9. The Morgan fingerprint density at radius 1 is 1.29 bits per heavy atom. The van der Waals surface area contributed by atoms with E-state index in [0.29, 0.717) is 17.3 Å². The zero-order valence-electron chi connectivity index (χ0n) is 11.8. The summed E-state index contributed by atoms with van der Waals surface area (Å²) in [5.41, 5.74) is 0.999. The van der Waals surface area contributed by atoms with Crippen LogP contribution in [0.5, 0.6) is 5.75 Å². The number of nitrogens with one attached hydrogen (secondary N) is 1. The van der Waals surface area contributed by atoms with Crippen LogP contribution in [0.15, 0.2) is 34.2 Å². The average molecular weight is 305 g/mol. The molecular formula is C14H15N3O3S. The number of ether oxygens (including phenoxy) is 1. The first-order valence-electron chi connectivity index (χ1n) is 6.29. The van der Waals surface area contributed by atoms with Crippen LogP contribution in [0.1, 0.15) is 18.2 Å². The molecule has 0 fully saturated rings. The molecule has 1 aromatic heterocycles. The fourth-order valence-electron chi connectivity index (χ4n) is 1.63. The zero-order valence-corrected chi connectivity index (χ0v) is 12.6. The molecule has 0 radical (unpaired) electrons. The van der Waals surface area contributed by atoms with Crippen molar-refractivity contribution in [1.82, 2.24) is 15.2 Å². The van der Waals surface area contributed by atoms with E-state index in [1.807, 2.05) is 24.3 Å². The Morgan fingerprint density at radius 3 is 2.57 bits per heavy atom. The summed E-state index contributed by atoms with van der Waals surface area (Å²) >= 11 is 1.17. The number of Topliss-reactive ketones (excluding diaryl/α,β-unsaturated/α-hetero) is 1. The van der Waals surface area contributed by atoms with E-state index < -0.39 is 0 Å². The Labute approximate surface area is 126 Å². The molecule has 0 aliphatic rings. The summed E-state index contributed by atoms with van der Waals surface area (Å²) in [5, 5.41) is 8.21. The van der Waals surface area contributed by atoms with Crippen LogP contribution in [0.3, 0.4) is 0 Å². The summed E-state index contributed by atoms with van der Waals surface area (Å²) in [6.45, 7) is 1.48. The molecule has 0 aliphatic heterocycles. The molecule has 1 aromatic carbocycles. The Bertz CT molecular complexity index is 683. The fraction of sp³-hybridized carbons (Fsp3) is 0.286. The van der Waals surface area contributed by atoms with Gasteiger partial charge in [-0.2, -0.15) is 0 Å². The highest BCUT2D eigenvalue weighted by Gasteiger charge is 2.07. The lowest BCUT2D eigenvalue weighted by atomic mass is 10.1. The molecular weight excluding hydrogens is 290 g/mol. The third-order valence-corrected chi connectivity index (χ3v) is 3.69. The quantitative estimate of drug-likeness (QED) is 0.813. The summed E-state index contributed by atoms with van der Waals surface area (Å²) in [5.74, 6) is 1.04. The van der Waals surface area contributed by atoms with Crippen molar-refractivity contribution in [3.63, 3.8) is 0 Å². The highest BCUT2D eigenvalue weighted by atomic mass is 32.2. The van der Waals surface area contributed by atoms with Crippen molar-refractivity contribution in [2.75, 3.05) is 12.9 Å². The number of carbonyl (C=O) groups excluding carboxylic acids is 1. The predicted octanol–water partition coefficient (Wildman–Crippen LogP) is 1.45. The minimum absolute atomic E-state index is 0.0185. The molecule has 0 bridgehead atoms. The lowest BCUT2D eigenvalue weighted by Gasteiger charge is -2.03. The Morgan fingerprint density at radius 2 is 2.00 bits per heavy atom. The van der Waals surface area contributed by atoms with Gasteiger partial charge < -0.3 is 4.74 Å². The monoisotopic (exact) mass is 305 g/mol. The molecule has 0 unspecified atom stereocenters. The van der Waals surface area contributed by atoms with Gasteiger partial charge in [0.1, 0.15) is 17.2 Å². The molecule has 7 heteroatoms. The van der Waals surface area contributed by atoms with Crippen molar-refractivity contribution in [3.05, 3.63) is 45.9 Å². The lowest BCUT2D eigenvalue weighted by molar-refractivity contribution is -0.114. The van der Waals surface area contributed by atoms with Gasteiger partial charge in [0.25, 0.3) is 5.56 Å². The SMILES string of the molecule is COc1ccc(Cc2nnc(SCC(C)=O)[nH]c2=O)cc1. The Balaban J connectivity index is 2.09. The first kappa shape index (κ1) is 15.2. The second-order valence-corrected chi connectivity index (χ2v) is 5.39. The summed E-state index contributed by atoms with van der Waals surface area (Å²) < 4.78 is 5.08. The molecule has 0 saturated carbocycles. The van der Waals surface area contributed by atoms with Crippen LogP contribution in [0.4, 0.5) is 0 Å². The number of hydrogen-bond acceptors (Lipinski definition) is 6. The largest absolute Gasteiger partial charge is 0.497 e. The van der Waals surface area contributed by atoms with Crippen molar-refractivity contribution in [2.45, 2.75) is 18.5 Å². The number of H-pyrrole nitrogens is 1. The normalized spacial score (nSPS) is 10.4. The van der Waals surface area contributed by atoms with Crippen LogP contribution in [0.2, 0.25) is 0 Å². The topological polar surface area (TPSA) is 84.9 Å². The first-order valence-corrected chi connectivity index (χ1v) is 7.28. The van der Waals surface area contributed by atoms with Gasteiger partial charge in [0.15, 0.2) is 5.16 Å². The predicted molar refractivity (Wildman–Crippen MR) is 79.9 cm³/mol. The van der Waals surface area contributed by atoms with Crippen molar-refractivity contribution < 1.29 is 9.53 Å². The van der Waals surface area contributed by atoms with Gasteiger partial charge in [-0.3, -0.25) is 14.6 Å². The maximum atomic E-state index is 11.9. The van der Waals surface area contributed by atoms with Gasteiger partial charge in [0.2, 0.25) is 0 Å². The number of nitrogens with zero attached hydrogens (tertiary/aromatic N) is 2. The van der Waals surface area contributed by atoms with E-state index in [2.05, 4.69) is 15.2 Å². The van der Waals surface area contributed by atoms with Crippen LogP contribution in [-0.4, -0.2) is 33.8 Å². The van der Waals surface area contributed by atoms with E-state index in [1.54, 1.807) is 7.11 Å². The van der Waals surface area contributed by atoms with Gasteiger partial charge in [0.05, 0.1) is 12.9 Å². The standard InChI is InChI=1S/C14H15N3O3S/c1-9(18)8-21-14-15-13(19)12(16-17-14)7-10-3-5-11(20-2)6-4-10/h3-6H,7-8H2,1-2H3,(H,15,17,19). The molecule has 0 aliphatic carbocycles. The number of aromatic amines is 1. The Kier molecular flexibility index (Phi) is 5.10. The number of carbonyl (C=O) groups is 1. The van der Waals surface area contributed by atoms with Crippen LogP contribution in [0, 0.1) is 0 Å². The minimum atomic E-state index is -0.285. The van der Waals surface area contributed by atoms with E-state index in [1.165, 1.54) is 18.7 Å². The van der Waals surface area contributed by atoms with Gasteiger partial charge in [-0.25, -0.2) is 0 Å². The molecule has 0 atom stereocenters. The molecule has 110 valence electrons. The van der Waals surface area contributed by atoms with Gasteiger partial charge in [-0.15, -0.1) is 10.2 Å². The first-order chi connectivity index (χ1) is 10.1. The van der Waals surface area contributed by atoms with Crippen molar-refractivity contribution >= 4 is 17.5 Å². The van der Waals surface area contributed by atoms with Crippen molar-refractivity contribution in [2.24, 2.45) is 0 Å². The molecule has 1 heterocycles.